The Morgan fingerprint density at radius 2 is 2.21 bits per heavy atom. The van der Waals surface area contributed by atoms with Crippen LogP contribution in [0.1, 0.15) is 38.8 Å². The molecule has 19 heavy (non-hydrogen) atoms. The van der Waals surface area contributed by atoms with E-state index in [0.29, 0.717) is 17.9 Å². The lowest BCUT2D eigenvalue weighted by Crippen LogP contribution is -2.07. The van der Waals surface area contributed by atoms with Crippen LogP contribution in [0.5, 0.6) is 0 Å². The molecule has 1 aromatic heterocycles. The summed E-state index contributed by atoms with van der Waals surface area (Å²) in [5.41, 5.74) is 1.75. The number of fused-ring (bicyclic) bond motifs is 1. The third-order valence-corrected chi connectivity index (χ3v) is 4.66. The summed E-state index contributed by atoms with van der Waals surface area (Å²) >= 11 is 7.44. The van der Waals surface area contributed by atoms with Gasteiger partial charge >= 0.3 is 0 Å². The molecule has 0 saturated heterocycles. The average molecular weight is 296 g/mol. The molecule has 98 valence electrons. The predicted octanol–water partition coefficient (Wildman–Crippen LogP) is 4.05. The fourth-order valence-corrected chi connectivity index (χ4v) is 3.56. The Morgan fingerprint density at radius 3 is 2.95 bits per heavy atom. The minimum Gasteiger partial charge on any atom is -0.293 e. The Bertz CT molecular complexity index is 653. The number of halogens is 2. The van der Waals surface area contributed by atoms with Crippen molar-refractivity contribution >= 4 is 28.7 Å². The van der Waals surface area contributed by atoms with Gasteiger partial charge in [-0.1, -0.05) is 17.7 Å². The molecule has 0 spiro atoms. The number of hydrogen-bond acceptors (Lipinski definition) is 3. The summed E-state index contributed by atoms with van der Waals surface area (Å²) < 4.78 is 13.0. The molecule has 0 saturated carbocycles. The van der Waals surface area contributed by atoms with E-state index in [1.54, 1.807) is 6.07 Å². The fraction of sp³-hybridized carbons (Fsp3) is 0.286. The SMILES string of the molecule is O=C1CCCc2nc(Cc3ccc(F)cc3Cl)sc21. The van der Waals surface area contributed by atoms with Crippen LogP contribution in [0.3, 0.4) is 0 Å². The van der Waals surface area contributed by atoms with Crippen molar-refractivity contribution in [3.05, 3.63) is 50.2 Å². The Balaban J connectivity index is 1.89. The maximum atomic E-state index is 13.0. The van der Waals surface area contributed by atoms with Gasteiger partial charge in [-0.25, -0.2) is 9.37 Å². The summed E-state index contributed by atoms with van der Waals surface area (Å²) in [4.78, 5) is 17.1. The molecule has 2 nitrogen and oxygen atoms in total. The number of hydrogen-bond donors (Lipinski definition) is 0. The Morgan fingerprint density at radius 1 is 1.37 bits per heavy atom. The molecule has 0 atom stereocenters. The average Bonchev–Trinajstić information content (AvgIpc) is 2.77. The predicted molar refractivity (Wildman–Crippen MR) is 73.6 cm³/mol. The summed E-state index contributed by atoms with van der Waals surface area (Å²) in [5, 5.41) is 1.27. The summed E-state index contributed by atoms with van der Waals surface area (Å²) in [7, 11) is 0. The van der Waals surface area contributed by atoms with Crippen LogP contribution in [-0.4, -0.2) is 10.8 Å². The molecule has 1 aliphatic rings. The van der Waals surface area contributed by atoms with Crippen LogP contribution in [0.4, 0.5) is 4.39 Å². The third kappa shape index (κ3) is 2.55. The number of carbonyl (C=O) groups is 1. The molecule has 0 unspecified atom stereocenters. The van der Waals surface area contributed by atoms with Crippen LogP contribution < -0.4 is 0 Å². The molecule has 3 rings (SSSR count). The summed E-state index contributed by atoms with van der Waals surface area (Å²) in [6.45, 7) is 0. The van der Waals surface area contributed by atoms with E-state index in [-0.39, 0.29) is 11.6 Å². The monoisotopic (exact) mass is 295 g/mol. The number of nitrogens with zero attached hydrogens (tertiary/aromatic N) is 1. The minimum atomic E-state index is -0.345. The zero-order chi connectivity index (χ0) is 13.4. The molecule has 0 fully saturated rings. The Hall–Kier alpha value is -1.26. The van der Waals surface area contributed by atoms with Crippen molar-refractivity contribution in [2.75, 3.05) is 0 Å². The second-order valence-electron chi connectivity index (χ2n) is 4.57. The van der Waals surface area contributed by atoms with Gasteiger partial charge in [0.25, 0.3) is 0 Å². The van der Waals surface area contributed by atoms with Gasteiger partial charge in [0.05, 0.1) is 15.6 Å². The normalized spacial score (nSPS) is 14.5. The number of thiazole rings is 1. The van der Waals surface area contributed by atoms with Crippen LogP contribution in [0.15, 0.2) is 18.2 Å². The van der Waals surface area contributed by atoms with Gasteiger partial charge < -0.3 is 0 Å². The summed E-state index contributed by atoms with van der Waals surface area (Å²) in [5.74, 6) is -0.155. The van der Waals surface area contributed by atoms with E-state index in [1.807, 2.05) is 0 Å². The van der Waals surface area contributed by atoms with Crippen LogP contribution >= 0.6 is 22.9 Å². The highest BCUT2D eigenvalue weighted by molar-refractivity contribution is 7.13. The first kappa shape index (κ1) is 12.8. The molecule has 1 aromatic carbocycles. The van der Waals surface area contributed by atoms with Crippen molar-refractivity contribution in [3.8, 4) is 0 Å². The smallest absolute Gasteiger partial charge is 0.174 e. The highest BCUT2D eigenvalue weighted by atomic mass is 35.5. The number of aryl methyl sites for hydroxylation is 1. The first-order chi connectivity index (χ1) is 9.13. The van der Waals surface area contributed by atoms with Gasteiger partial charge in [-0.05, 0) is 30.5 Å². The van der Waals surface area contributed by atoms with Gasteiger partial charge in [-0.15, -0.1) is 11.3 Å². The van der Waals surface area contributed by atoms with E-state index in [9.17, 15) is 9.18 Å². The second-order valence-corrected chi connectivity index (χ2v) is 6.06. The molecule has 0 aliphatic heterocycles. The molecule has 1 aliphatic carbocycles. The summed E-state index contributed by atoms with van der Waals surface area (Å²) in [6, 6.07) is 4.36. The Labute approximate surface area is 119 Å². The molecule has 2 aromatic rings. The number of Topliss-reactive ketones (excluding diaryl/α,β-unsaturated/α-hetero) is 1. The molecule has 5 heteroatoms. The van der Waals surface area contributed by atoms with Crippen LogP contribution in [-0.2, 0) is 12.8 Å². The molecular weight excluding hydrogens is 285 g/mol. The molecule has 1 heterocycles. The van der Waals surface area contributed by atoms with Gasteiger partial charge in [-0.2, -0.15) is 0 Å². The quantitative estimate of drug-likeness (QED) is 0.837. The van der Waals surface area contributed by atoms with Gasteiger partial charge in [0, 0.05) is 17.9 Å². The van der Waals surface area contributed by atoms with E-state index in [2.05, 4.69) is 4.98 Å². The zero-order valence-electron chi connectivity index (χ0n) is 10.1. The molecular formula is C14H11ClFNOS. The van der Waals surface area contributed by atoms with Crippen molar-refractivity contribution in [3.63, 3.8) is 0 Å². The number of ketones is 1. The van der Waals surface area contributed by atoms with E-state index in [0.717, 1.165) is 34.0 Å². The van der Waals surface area contributed by atoms with Crippen LogP contribution in [0, 0.1) is 5.82 Å². The number of carbonyl (C=O) groups excluding carboxylic acids is 1. The van der Waals surface area contributed by atoms with Crippen molar-refractivity contribution in [2.24, 2.45) is 0 Å². The zero-order valence-corrected chi connectivity index (χ0v) is 11.7. The molecule has 0 N–H and O–H groups in total. The molecule has 0 bridgehead atoms. The van der Waals surface area contributed by atoms with E-state index >= 15 is 0 Å². The van der Waals surface area contributed by atoms with Crippen molar-refractivity contribution in [1.82, 2.24) is 4.98 Å². The number of benzene rings is 1. The topological polar surface area (TPSA) is 30.0 Å². The van der Waals surface area contributed by atoms with Gasteiger partial charge in [0.15, 0.2) is 5.78 Å². The highest BCUT2D eigenvalue weighted by Gasteiger charge is 2.22. The molecule has 0 amide bonds. The lowest BCUT2D eigenvalue weighted by molar-refractivity contribution is 0.0976. The number of rotatable bonds is 2. The largest absolute Gasteiger partial charge is 0.293 e. The first-order valence-electron chi connectivity index (χ1n) is 6.09. The third-order valence-electron chi connectivity index (χ3n) is 3.17. The van der Waals surface area contributed by atoms with E-state index in [4.69, 9.17) is 11.6 Å². The van der Waals surface area contributed by atoms with Crippen molar-refractivity contribution in [1.29, 1.82) is 0 Å². The van der Waals surface area contributed by atoms with E-state index in [1.165, 1.54) is 23.5 Å². The highest BCUT2D eigenvalue weighted by Crippen LogP contribution is 2.29. The van der Waals surface area contributed by atoms with Crippen molar-refractivity contribution in [2.45, 2.75) is 25.7 Å². The second kappa shape index (κ2) is 5.02. The Kier molecular flexibility index (Phi) is 3.37. The first-order valence-corrected chi connectivity index (χ1v) is 7.28. The lowest BCUT2D eigenvalue weighted by atomic mass is 10.0. The fourth-order valence-electron chi connectivity index (χ4n) is 2.22. The van der Waals surface area contributed by atoms with Gasteiger partial charge in [0.2, 0.25) is 0 Å². The minimum absolute atomic E-state index is 0.190. The van der Waals surface area contributed by atoms with Gasteiger partial charge in [0.1, 0.15) is 5.82 Å². The maximum absolute atomic E-state index is 13.0. The van der Waals surface area contributed by atoms with E-state index < -0.39 is 0 Å². The standard InChI is InChI=1S/C14H11ClFNOS/c15-10-7-9(16)5-4-8(10)6-13-17-11-2-1-3-12(18)14(11)19-13/h4-5,7H,1-3,6H2. The molecule has 0 radical (unpaired) electrons. The van der Waals surface area contributed by atoms with Crippen LogP contribution in [0.25, 0.3) is 0 Å². The number of aromatic nitrogens is 1. The summed E-state index contributed by atoms with van der Waals surface area (Å²) in [6.07, 6.45) is 2.91. The van der Waals surface area contributed by atoms with Crippen molar-refractivity contribution < 1.29 is 9.18 Å². The maximum Gasteiger partial charge on any atom is 0.174 e. The van der Waals surface area contributed by atoms with Crippen LogP contribution in [0.2, 0.25) is 5.02 Å². The lowest BCUT2D eigenvalue weighted by Gasteiger charge is -2.06. The van der Waals surface area contributed by atoms with Gasteiger partial charge in [-0.3, -0.25) is 4.79 Å².